The standard InChI is InChI=1S/C8H5N2O/c1-2-8(11-3-1)7-4-9-6-10-5-7/h1-2,4-6H. The van der Waals surface area contributed by atoms with E-state index in [1.54, 1.807) is 18.5 Å². The van der Waals surface area contributed by atoms with Crippen LogP contribution in [0.25, 0.3) is 11.3 Å². The molecule has 2 rings (SSSR count). The summed E-state index contributed by atoms with van der Waals surface area (Å²) in [5, 5.41) is 0. The van der Waals surface area contributed by atoms with Crippen LogP contribution < -0.4 is 0 Å². The normalized spacial score (nSPS) is 9.82. The first-order chi connectivity index (χ1) is 5.47. The summed E-state index contributed by atoms with van der Waals surface area (Å²) >= 11 is 0. The Morgan fingerprint density at radius 3 is 2.73 bits per heavy atom. The smallest absolute Gasteiger partial charge is 0.170 e. The Hall–Kier alpha value is -1.64. The van der Waals surface area contributed by atoms with Crippen molar-refractivity contribution >= 4 is 0 Å². The van der Waals surface area contributed by atoms with E-state index in [4.69, 9.17) is 4.42 Å². The maximum absolute atomic E-state index is 5.01. The highest BCUT2D eigenvalue weighted by atomic mass is 16.3. The van der Waals surface area contributed by atoms with Crippen molar-refractivity contribution in [2.45, 2.75) is 0 Å². The van der Waals surface area contributed by atoms with Crippen LogP contribution in [0.2, 0.25) is 0 Å². The molecule has 2 aromatic heterocycles. The molecular formula is C8H5N2O. The summed E-state index contributed by atoms with van der Waals surface area (Å²) in [6.07, 6.45) is 7.47. The Kier molecular flexibility index (Phi) is 1.41. The van der Waals surface area contributed by atoms with Gasteiger partial charge in [-0.2, -0.15) is 0 Å². The summed E-state index contributed by atoms with van der Waals surface area (Å²) in [5.41, 5.74) is 0.869. The largest absolute Gasteiger partial charge is 0.453 e. The molecule has 1 radical (unpaired) electrons. The Balaban J connectivity index is 2.46. The molecule has 0 unspecified atom stereocenters. The van der Waals surface area contributed by atoms with E-state index in [-0.39, 0.29) is 0 Å². The number of furan rings is 1. The van der Waals surface area contributed by atoms with Crippen LogP contribution in [0.3, 0.4) is 0 Å². The van der Waals surface area contributed by atoms with Gasteiger partial charge in [0.25, 0.3) is 0 Å². The van der Waals surface area contributed by atoms with Crippen molar-refractivity contribution in [3.63, 3.8) is 0 Å². The van der Waals surface area contributed by atoms with Gasteiger partial charge in [-0.1, -0.05) is 0 Å². The van der Waals surface area contributed by atoms with Crippen molar-refractivity contribution in [3.05, 3.63) is 37.1 Å². The lowest BCUT2D eigenvalue weighted by Gasteiger charge is -1.90. The molecule has 0 N–H and O–H groups in total. The molecule has 0 spiro atoms. The van der Waals surface area contributed by atoms with E-state index in [0.717, 1.165) is 11.3 Å². The number of hydrogen-bond acceptors (Lipinski definition) is 3. The maximum Gasteiger partial charge on any atom is 0.170 e. The molecule has 0 aliphatic rings. The first-order valence-corrected chi connectivity index (χ1v) is 3.18. The summed E-state index contributed by atoms with van der Waals surface area (Å²) in [4.78, 5) is 7.71. The monoisotopic (exact) mass is 145 g/mol. The van der Waals surface area contributed by atoms with Gasteiger partial charge in [-0.25, -0.2) is 9.97 Å². The van der Waals surface area contributed by atoms with Crippen molar-refractivity contribution in [1.29, 1.82) is 0 Å². The maximum atomic E-state index is 5.01. The van der Waals surface area contributed by atoms with Gasteiger partial charge < -0.3 is 4.42 Å². The average Bonchev–Trinajstić information content (AvgIpc) is 2.58. The molecule has 11 heavy (non-hydrogen) atoms. The highest BCUT2D eigenvalue weighted by molar-refractivity contribution is 5.53. The van der Waals surface area contributed by atoms with E-state index in [1.807, 2.05) is 6.07 Å². The zero-order valence-corrected chi connectivity index (χ0v) is 5.69. The molecule has 0 aliphatic carbocycles. The van der Waals surface area contributed by atoms with Crippen LogP contribution in [0.1, 0.15) is 0 Å². The minimum atomic E-state index is 0.741. The topological polar surface area (TPSA) is 38.9 Å². The highest BCUT2D eigenvalue weighted by Gasteiger charge is 1.98. The van der Waals surface area contributed by atoms with Gasteiger partial charge in [-0.15, -0.1) is 0 Å². The molecule has 2 aromatic rings. The van der Waals surface area contributed by atoms with Gasteiger partial charge in [0.05, 0.1) is 5.56 Å². The second-order valence-corrected chi connectivity index (χ2v) is 2.04. The molecule has 0 saturated heterocycles. The summed E-state index contributed by atoms with van der Waals surface area (Å²) in [5.74, 6) is 0.741. The predicted octanol–water partition coefficient (Wildman–Crippen LogP) is 1.54. The molecule has 0 aliphatic heterocycles. The third-order valence-electron chi connectivity index (χ3n) is 1.32. The lowest BCUT2D eigenvalue weighted by molar-refractivity contribution is 0.572. The number of nitrogens with zero attached hydrogens (tertiary/aromatic N) is 2. The number of aromatic nitrogens is 2. The van der Waals surface area contributed by atoms with Crippen LogP contribution in [-0.4, -0.2) is 9.97 Å². The fourth-order valence-corrected chi connectivity index (χ4v) is 0.823. The van der Waals surface area contributed by atoms with Crippen LogP contribution in [0.15, 0.2) is 35.3 Å². The van der Waals surface area contributed by atoms with Gasteiger partial charge >= 0.3 is 0 Å². The van der Waals surface area contributed by atoms with E-state index in [9.17, 15) is 0 Å². The molecule has 3 heteroatoms. The molecule has 0 amide bonds. The van der Waals surface area contributed by atoms with E-state index in [2.05, 4.69) is 16.2 Å². The third kappa shape index (κ3) is 1.12. The summed E-state index contributed by atoms with van der Waals surface area (Å²) in [7, 11) is 0. The van der Waals surface area contributed by atoms with Gasteiger partial charge in [0, 0.05) is 12.4 Å². The third-order valence-corrected chi connectivity index (χ3v) is 1.32. The molecule has 0 aromatic carbocycles. The van der Waals surface area contributed by atoms with E-state index < -0.39 is 0 Å². The van der Waals surface area contributed by atoms with Gasteiger partial charge in [0.2, 0.25) is 0 Å². The SMILES string of the molecule is [c]1ccc(-c2cncnc2)o1. The Morgan fingerprint density at radius 2 is 2.09 bits per heavy atom. The van der Waals surface area contributed by atoms with Crippen molar-refractivity contribution in [2.75, 3.05) is 0 Å². The fraction of sp³-hybridized carbons (Fsp3) is 0. The van der Waals surface area contributed by atoms with Gasteiger partial charge in [-0.3, -0.25) is 0 Å². The van der Waals surface area contributed by atoms with Crippen LogP contribution in [0, 0.1) is 6.26 Å². The molecule has 0 saturated carbocycles. The van der Waals surface area contributed by atoms with Crippen LogP contribution >= 0.6 is 0 Å². The van der Waals surface area contributed by atoms with Crippen LogP contribution in [0.4, 0.5) is 0 Å². The van der Waals surface area contributed by atoms with Crippen molar-refractivity contribution in [3.8, 4) is 11.3 Å². The Labute approximate surface area is 63.7 Å². The van der Waals surface area contributed by atoms with E-state index in [1.165, 1.54) is 6.33 Å². The fourth-order valence-electron chi connectivity index (χ4n) is 0.823. The van der Waals surface area contributed by atoms with Gasteiger partial charge in [0.1, 0.15) is 12.1 Å². The first kappa shape index (κ1) is 6.09. The van der Waals surface area contributed by atoms with Gasteiger partial charge in [0.15, 0.2) is 6.26 Å². The molecular weight excluding hydrogens is 140 g/mol. The summed E-state index contributed by atoms with van der Waals surface area (Å²) < 4.78 is 5.01. The van der Waals surface area contributed by atoms with Crippen molar-refractivity contribution in [1.82, 2.24) is 9.97 Å². The van der Waals surface area contributed by atoms with Crippen LogP contribution in [-0.2, 0) is 0 Å². The second kappa shape index (κ2) is 2.54. The van der Waals surface area contributed by atoms with Gasteiger partial charge in [-0.05, 0) is 12.1 Å². The zero-order chi connectivity index (χ0) is 7.52. The first-order valence-electron chi connectivity index (χ1n) is 3.18. The second-order valence-electron chi connectivity index (χ2n) is 2.04. The lowest BCUT2D eigenvalue weighted by Crippen LogP contribution is -1.78. The Bertz CT molecular complexity index is 315. The Morgan fingerprint density at radius 1 is 1.27 bits per heavy atom. The molecule has 53 valence electrons. The van der Waals surface area contributed by atoms with Crippen molar-refractivity contribution in [2.24, 2.45) is 0 Å². The highest BCUT2D eigenvalue weighted by Crippen LogP contribution is 2.15. The molecule has 0 fully saturated rings. The summed E-state index contributed by atoms with van der Waals surface area (Å²) in [6, 6.07) is 3.53. The minimum absolute atomic E-state index is 0.741. The predicted molar refractivity (Wildman–Crippen MR) is 38.6 cm³/mol. The van der Waals surface area contributed by atoms with E-state index >= 15 is 0 Å². The zero-order valence-electron chi connectivity index (χ0n) is 5.69. The quantitative estimate of drug-likeness (QED) is 0.610. The average molecular weight is 145 g/mol. The minimum Gasteiger partial charge on any atom is -0.453 e. The molecule has 0 atom stereocenters. The molecule has 0 bridgehead atoms. The molecule has 2 heterocycles. The van der Waals surface area contributed by atoms with Crippen molar-refractivity contribution < 1.29 is 4.42 Å². The number of rotatable bonds is 1. The van der Waals surface area contributed by atoms with Crippen LogP contribution in [0.5, 0.6) is 0 Å². The summed E-state index contributed by atoms with van der Waals surface area (Å²) in [6.45, 7) is 0. The molecule has 3 nitrogen and oxygen atoms in total. The number of hydrogen-bond donors (Lipinski definition) is 0. The van der Waals surface area contributed by atoms with E-state index in [0.29, 0.717) is 0 Å². The lowest BCUT2D eigenvalue weighted by atomic mass is 10.3.